The van der Waals surface area contributed by atoms with Gasteiger partial charge in [-0.15, -0.1) is 0 Å². The van der Waals surface area contributed by atoms with E-state index in [9.17, 15) is 9.18 Å². The van der Waals surface area contributed by atoms with Crippen molar-refractivity contribution >= 4 is 40.8 Å². The fourth-order valence-electron chi connectivity index (χ4n) is 3.01. The van der Waals surface area contributed by atoms with Crippen molar-refractivity contribution in [1.29, 1.82) is 0 Å². The summed E-state index contributed by atoms with van der Waals surface area (Å²) in [6.07, 6.45) is 1.42. The van der Waals surface area contributed by atoms with Gasteiger partial charge in [-0.25, -0.2) is 18.8 Å². The summed E-state index contributed by atoms with van der Waals surface area (Å²) in [5.41, 5.74) is 4.45. The summed E-state index contributed by atoms with van der Waals surface area (Å²) in [4.78, 5) is 19.8. The van der Waals surface area contributed by atoms with E-state index in [0.717, 1.165) is 0 Å². The van der Waals surface area contributed by atoms with E-state index >= 15 is 0 Å². The van der Waals surface area contributed by atoms with Crippen LogP contribution in [-0.2, 0) is 0 Å². The first-order valence-electron chi connectivity index (χ1n) is 9.81. The highest BCUT2D eigenvalue weighted by molar-refractivity contribution is 5.89. The summed E-state index contributed by atoms with van der Waals surface area (Å²) in [5.74, 6) is -0.0260. The van der Waals surface area contributed by atoms with Crippen LogP contribution in [0.1, 0.15) is 16.1 Å². The Morgan fingerprint density at radius 1 is 1.00 bits per heavy atom. The highest BCUT2D eigenvalue weighted by Gasteiger charge is 2.13. The number of hydrogen-bond donors (Lipinski definition) is 3. The van der Waals surface area contributed by atoms with Gasteiger partial charge in [0.15, 0.2) is 11.6 Å². The van der Waals surface area contributed by atoms with Crippen LogP contribution in [0.4, 0.5) is 21.7 Å². The highest BCUT2D eigenvalue weighted by atomic mass is 19.1. The molecule has 5 aromatic rings. The van der Waals surface area contributed by atoms with E-state index in [1.807, 2.05) is 0 Å². The second-order valence-corrected chi connectivity index (χ2v) is 6.92. The first-order chi connectivity index (χ1) is 16.5. The number of anilines is 3. The van der Waals surface area contributed by atoms with Crippen LogP contribution in [0.3, 0.4) is 0 Å². The molecule has 0 spiro atoms. The van der Waals surface area contributed by atoms with Gasteiger partial charge in [0.1, 0.15) is 17.3 Å². The molecule has 2 aromatic carbocycles. The minimum absolute atomic E-state index is 0.156. The number of hydrogen-bond acceptors (Lipinski definition) is 10. The van der Waals surface area contributed by atoms with Crippen LogP contribution in [0.2, 0.25) is 0 Å². The Morgan fingerprint density at radius 3 is 2.53 bits per heavy atom. The molecule has 0 saturated carbocycles. The maximum Gasteiger partial charge on any atom is 0.335 e. The van der Waals surface area contributed by atoms with Gasteiger partial charge in [0, 0.05) is 11.3 Å². The van der Waals surface area contributed by atoms with Crippen molar-refractivity contribution in [2.24, 2.45) is 5.10 Å². The Hall–Kier alpha value is -5.13. The van der Waals surface area contributed by atoms with Crippen LogP contribution in [0.25, 0.3) is 22.6 Å². The lowest BCUT2D eigenvalue weighted by molar-refractivity contribution is 0.0697. The number of nitrogens with one attached hydrogen (secondary N) is 2. The van der Waals surface area contributed by atoms with Crippen LogP contribution < -0.4 is 10.7 Å². The minimum atomic E-state index is -1.02. The van der Waals surface area contributed by atoms with Crippen molar-refractivity contribution in [3.05, 3.63) is 77.8 Å². The van der Waals surface area contributed by atoms with Gasteiger partial charge < -0.3 is 14.8 Å². The molecular formula is C22H14FN7O4. The molecule has 3 N–H and O–H groups in total. The van der Waals surface area contributed by atoms with Gasteiger partial charge >= 0.3 is 5.97 Å². The Labute approximate surface area is 189 Å². The predicted octanol–water partition coefficient (Wildman–Crippen LogP) is 4.30. The summed E-state index contributed by atoms with van der Waals surface area (Å²) < 4.78 is 23.6. The van der Waals surface area contributed by atoms with Gasteiger partial charge in [0.25, 0.3) is 0 Å². The zero-order chi connectivity index (χ0) is 23.5. The molecule has 3 aromatic heterocycles. The third-order valence-electron chi connectivity index (χ3n) is 4.60. The minimum Gasteiger partial charge on any atom is -0.478 e. The zero-order valence-corrected chi connectivity index (χ0v) is 17.1. The number of carboxylic acids is 1. The van der Waals surface area contributed by atoms with Crippen LogP contribution in [0.5, 0.6) is 0 Å². The lowest BCUT2D eigenvalue weighted by Gasteiger charge is -2.09. The van der Waals surface area contributed by atoms with Crippen molar-refractivity contribution in [1.82, 2.24) is 20.3 Å². The quantitative estimate of drug-likeness (QED) is 0.237. The molecule has 34 heavy (non-hydrogen) atoms. The van der Waals surface area contributed by atoms with E-state index in [1.165, 1.54) is 30.5 Å². The van der Waals surface area contributed by atoms with Gasteiger partial charge in [-0.3, -0.25) is 5.43 Å². The number of nitrogens with zero attached hydrogens (tertiary/aromatic N) is 5. The molecule has 0 saturated heterocycles. The molecule has 0 bridgehead atoms. The smallest absolute Gasteiger partial charge is 0.335 e. The number of benzene rings is 2. The number of halogens is 1. The maximum atomic E-state index is 13.2. The van der Waals surface area contributed by atoms with Crippen LogP contribution in [-0.4, -0.2) is 37.6 Å². The lowest BCUT2D eigenvalue weighted by atomic mass is 10.1. The van der Waals surface area contributed by atoms with Crippen molar-refractivity contribution in [2.75, 3.05) is 10.7 Å². The number of furan rings is 1. The summed E-state index contributed by atoms with van der Waals surface area (Å²) >= 11 is 0. The first kappa shape index (κ1) is 20.8. The standard InChI is InChI=1S/C22H14FN7O4/c23-14-4-6-15(7-5-14)25-18-19(27-21-20(26-18)29-34-30-21)28-24-11-16-8-9-17(33-16)12-2-1-3-13(10-12)22(31)32/h1-11H,(H,31,32)(H,25,26,29)(H,27,28,30)/b24-11-. The Bertz CT molecular complexity index is 1510. The molecule has 168 valence electrons. The van der Waals surface area contributed by atoms with E-state index in [2.05, 4.69) is 40.8 Å². The number of aromatic nitrogens is 4. The van der Waals surface area contributed by atoms with Gasteiger partial charge in [0.05, 0.1) is 11.8 Å². The SMILES string of the molecule is O=C(O)c1cccc(-c2ccc(/C=N\Nc3nc4nonc4nc3Nc3ccc(F)cc3)o2)c1. The molecular weight excluding hydrogens is 445 g/mol. The molecule has 0 radical (unpaired) electrons. The highest BCUT2D eigenvalue weighted by Crippen LogP contribution is 2.25. The maximum absolute atomic E-state index is 13.2. The molecule has 11 nitrogen and oxygen atoms in total. The topological polar surface area (TPSA) is 152 Å². The Morgan fingerprint density at radius 2 is 1.76 bits per heavy atom. The molecule has 0 aliphatic heterocycles. The summed E-state index contributed by atoms with van der Waals surface area (Å²) in [6, 6.07) is 15.5. The number of rotatable bonds is 7. The number of carbonyl (C=O) groups is 1. The number of carboxylic acid groups (broad SMARTS) is 1. The molecule has 5 rings (SSSR count). The largest absolute Gasteiger partial charge is 0.478 e. The van der Waals surface area contributed by atoms with Gasteiger partial charge in [-0.1, -0.05) is 12.1 Å². The van der Waals surface area contributed by atoms with Crippen molar-refractivity contribution in [3.8, 4) is 11.3 Å². The zero-order valence-electron chi connectivity index (χ0n) is 17.1. The number of hydrazone groups is 1. The molecule has 0 atom stereocenters. The van der Waals surface area contributed by atoms with Gasteiger partial charge in [0.2, 0.25) is 11.3 Å². The van der Waals surface area contributed by atoms with Crippen molar-refractivity contribution < 1.29 is 23.3 Å². The fourth-order valence-corrected chi connectivity index (χ4v) is 3.01. The van der Waals surface area contributed by atoms with E-state index in [0.29, 0.717) is 22.8 Å². The van der Waals surface area contributed by atoms with Crippen molar-refractivity contribution in [3.63, 3.8) is 0 Å². The summed E-state index contributed by atoms with van der Waals surface area (Å²) in [5, 5.41) is 23.6. The van der Waals surface area contributed by atoms with E-state index < -0.39 is 5.97 Å². The molecule has 12 heteroatoms. The van der Waals surface area contributed by atoms with Gasteiger partial charge in [-0.2, -0.15) is 10.1 Å². The second kappa shape index (κ2) is 8.78. The summed E-state index contributed by atoms with van der Waals surface area (Å²) in [7, 11) is 0. The second-order valence-electron chi connectivity index (χ2n) is 6.92. The predicted molar refractivity (Wildman–Crippen MR) is 119 cm³/mol. The number of aromatic carboxylic acids is 1. The van der Waals surface area contributed by atoms with E-state index in [4.69, 9.17) is 9.52 Å². The normalized spacial score (nSPS) is 11.2. The fraction of sp³-hybridized carbons (Fsp3) is 0. The average Bonchev–Trinajstić information content (AvgIpc) is 3.50. The molecule has 0 unspecified atom stereocenters. The van der Waals surface area contributed by atoms with Gasteiger partial charge in [-0.05, 0) is 58.8 Å². The molecule has 3 heterocycles. The van der Waals surface area contributed by atoms with E-state index in [-0.39, 0.29) is 34.3 Å². The summed E-state index contributed by atoms with van der Waals surface area (Å²) in [6.45, 7) is 0. The number of fused-ring (bicyclic) bond motifs is 1. The van der Waals surface area contributed by atoms with Crippen LogP contribution in [0, 0.1) is 5.82 Å². The average molecular weight is 459 g/mol. The van der Waals surface area contributed by atoms with Crippen molar-refractivity contribution in [2.45, 2.75) is 0 Å². The molecule has 0 fully saturated rings. The van der Waals surface area contributed by atoms with E-state index in [1.54, 1.807) is 36.4 Å². The van der Waals surface area contributed by atoms with Crippen LogP contribution in [0.15, 0.2) is 74.8 Å². The Balaban J connectivity index is 1.36. The lowest BCUT2D eigenvalue weighted by Crippen LogP contribution is -2.03. The van der Waals surface area contributed by atoms with Crippen LogP contribution >= 0.6 is 0 Å². The third-order valence-corrected chi connectivity index (χ3v) is 4.60. The Kier molecular flexibility index (Phi) is 5.36. The molecule has 0 aliphatic rings. The monoisotopic (exact) mass is 459 g/mol. The molecule has 0 amide bonds. The first-order valence-corrected chi connectivity index (χ1v) is 9.81. The molecule has 0 aliphatic carbocycles. The third kappa shape index (κ3) is 4.41.